The monoisotopic (exact) mass is 447 g/mol. The molecule has 168 valence electrons. The van der Waals surface area contributed by atoms with Gasteiger partial charge in [-0.3, -0.25) is 9.59 Å². The van der Waals surface area contributed by atoms with Crippen molar-refractivity contribution in [3.05, 3.63) is 90.2 Å². The lowest BCUT2D eigenvalue weighted by molar-refractivity contribution is -0.122. The second kappa shape index (κ2) is 9.52. The number of para-hydroxylation sites is 1. The molecule has 3 aromatic rings. The van der Waals surface area contributed by atoms with Crippen LogP contribution in [-0.2, 0) is 16.1 Å². The maximum atomic E-state index is 13.3. The molecule has 0 aliphatic carbocycles. The average molecular weight is 447 g/mol. The molecule has 0 saturated carbocycles. The SMILES string of the molecule is COc1ccc(CN(C(=O)Nc2ccc(F)cc2)[C@@H]2CC(=O)N(c3ccccc3)C2=O)cc1. The molecule has 4 amide bonds. The maximum Gasteiger partial charge on any atom is 0.322 e. The lowest BCUT2D eigenvalue weighted by Gasteiger charge is -2.28. The number of imide groups is 1. The molecule has 1 fully saturated rings. The molecule has 0 bridgehead atoms. The molecule has 0 radical (unpaired) electrons. The third kappa shape index (κ3) is 4.85. The summed E-state index contributed by atoms with van der Waals surface area (Å²) in [5.74, 6) is -0.638. The molecule has 1 aliphatic rings. The zero-order chi connectivity index (χ0) is 23.4. The summed E-state index contributed by atoms with van der Waals surface area (Å²) in [5.41, 5.74) is 1.58. The molecule has 7 nitrogen and oxygen atoms in total. The molecule has 8 heteroatoms. The fourth-order valence-electron chi connectivity index (χ4n) is 3.69. The lowest BCUT2D eigenvalue weighted by Crippen LogP contribution is -2.46. The van der Waals surface area contributed by atoms with E-state index in [0.717, 1.165) is 10.5 Å². The van der Waals surface area contributed by atoms with Gasteiger partial charge in [-0.2, -0.15) is 0 Å². The number of ether oxygens (including phenoxy) is 1. The van der Waals surface area contributed by atoms with Crippen molar-refractivity contribution in [2.24, 2.45) is 0 Å². The van der Waals surface area contributed by atoms with Crippen LogP contribution < -0.4 is 15.0 Å². The Bertz CT molecular complexity index is 1150. The van der Waals surface area contributed by atoms with Crippen molar-refractivity contribution < 1.29 is 23.5 Å². The fourth-order valence-corrected chi connectivity index (χ4v) is 3.69. The van der Waals surface area contributed by atoms with Crippen molar-refractivity contribution in [2.75, 3.05) is 17.3 Å². The number of hydrogen-bond donors (Lipinski definition) is 1. The van der Waals surface area contributed by atoms with Gasteiger partial charge in [0.05, 0.1) is 19.2 Å². The second-order valence-electron chi connectivity index (χ2n) is 7.54. The van der Waals surface area contributed by atoms with Crippen LogP contribution in [0.5, 0.6) is 5.75 Å². The van der Waals surface area contributed by atoms with E-state index in [1.165, 1.54) is 29.2 Å². The van der Waals surface area contributed by atoms with Crippen LogP contribution in [-0.4, -0.2) is 35.9 Å². The Balaban J connectivity index is 1.62. The second-order valence-corrected chi connectivity index (χ2v) is 7.54. The Labute approximate surface area is 190 Å². The van der Waals surface area contributed by atoms with Crippen LogP contribution in [0.25, 0.3) is 0 Å². The molecule has 33 heavy (non-hydrogen) atoms. The third-order valence-electron chi connectivity index (χ3n) is 5.38. The molecule has 0 aromatic heterocycles. The Kier molecular flexibility index (Phi) is 6.35. The van der Waals surface area contributed by atoms with E-state index >= 15 is 0 Å². The Morgan fingerprint density at radius 1 is 1.03 bits per heavy atom. The molecule has 0 spiro atoms. The molecule has 1 saturated heterocycles. The van der Waals surface area contributed by atoms with Crippen LogP contribution in [0.2, 0.25) is 0 Å². The zero-order valence-corrected chi connectivity index (χ0v) is 17.9. The minimum Gasteiger partial charge on any atom is -0.497 e. The van der Waals surface area contributed by atoms with Gasteiger partial charge in [0.1, 0.15) is 17.6 Å². The average Bonchev–Trinajstić information content (AvgIpc) is 3.13. The summed E-state index contributed by atoms with van der Waals surface area (Å²) in [7, 11) is 1.55. The number of anilines is 2. The van der Waals surface area contributed by atoms with Gasteiger partial charge in [0.15, 0.2) is 0 Å². The van der Waals surface area contributed by atoms with Crippen LogP contribution in [0.3, 0.4) is 0 Å². The molecule has 3 aromatic carbocycles. The number of amides is 4. The van der Waals surface area contributed by atoms with Gasteiger partial charge in [0.2, 0.25) is 5.91 Å². The fraction of sp³-hybridized carbons (Fsp3) is 0.160. The zero-order valence-electron chi connectivity index (χ0n) is 17.9. The Hall–Kier alpha value is -4.20. The van der Waals surface area contributed by atoms with Crippen LogP contribution in [0.15, 0.2) is 78.9 Å². The standard InChI is InChI=1S/C25H22FN3O4/c1-33-21-13-7-17(8-14-21)16-28(25(32)27-19-11-9-18(26)10-12-19)22-15-23(30)29(24(22)31)20-5-3-2-4-6-20/h2-14,22H,15-16H2,1H3,(H,27,32)/t22-/m1/s1. The summed E-state index contributed by atoms with van der Waals surface area (Å²) in [6.07, 6.45) is -0.138. The number of hydrogen-bond acceptors (Lipinski definition) is 4. The van der Waals surface area contributed by atoms with Crippen molar-refractivity contribution in [1.29, 1.82) is 0 Å². The molecule has 1 aliphatic heterocycles. The molecule has 4 rings (SSSR count). The van der Waals surface area contributed by atoms with Gasteiger partial charge in [0, 0.05) is 12.2 Å². The van der Waals surface area contributed by atoms with E-state index in [4.69, 9.17) is 4.74 Å². The van der Waals surface area contributed by atoms with Crippen molar-refractivity contribution in [1.82, 2.24) is 4.90 Å². The van der Waals surface area contributed by atoms with Gasteiger partial charge < -0.3 is 15.0 Å². The third-order valence-corrected chi connectivity index (χ3v) is 5.38. The van der Waals surface area contributed by atoms with Crippen LogP contribution in [0, 0.1) is 5.82 Å². The molecule has 1 atom stereocenters. The van der Waals surface area contributed by atoms with Crippen molar-refractivity contribution in [3.63, 3.8) is 0 Å². The van der Waals surface area contributed by atoms with Gasteiger partial charge in [-0.15, -0.1) is 0 Å². The summed E-state index contributed by atoms with van der Waals surface area (Å²) in [4.78, 5) is 41.7. The number of nitrogens with zero attached hydrogens (tertiary/aromatic N) is 2. The molecular weight excluding hydrogens is 425 g/mol. The number of carbonyl (C=O) groups excluding carboxylic acids is 3. The van der Waals surface area contributed by atoms with Gasteiger partial charge in [0.25, 0.3) is 5.91 Å². The van der Waals surface area contributed by atoms with Gasteiger partial charge in [-0.25, -0.2) is 14.1 Å². The number of methoxy groups -OCH3 is 1. The van der Waals surface area contributed by atoms with E-state index < -0.39 is 23.8 Å². The molecule has 1 N–H and O–H groups in total. The number of carbonyl (C=O) groups is 3. The number of benzene rings is 3. The largest absolute Gasteiger partial charge is 0.497 e. The Morgan fingerprint density at radius 3 is 2.33 bits per heavy atom. The highest BCUT2D eigenvalue weighted by Crippen LogP contribution is 2.27. The van der Waals surface area contributed by atoms with Crippen LogP contribution >= 0.6 is 0 Å². The summed E-state index contributed by atoms with van der Waals surface area (Å²) >= 11 is 0. The Morgan fingerprint density at radius 2 is 1.70 bits per heavy atom. The predicted molar refractivity (Wildman–Crippen MR) is 121 cm³/mol. The van der Waals surface area contributed by atoms with E-state index in [0.29, 0.717) is 17.1 Å². The molecule has 1 heterocycles. The summed E-state index contributed by atoms with van der Waals surface area (Å²) in [6.45, 7) is 0.0866. The lowest BCUT2D eigenvalue weighted by atomic mass is 10.1. The first-order valence-electron chi connectivity index (χ1n) is 10.3. The minimum absolute atomic E-state index is 0.0866. The summed E-state index contributed by atoms with van der Waals surface area (Å²) in [5, 5.41) is 2.69. The molecular formula is C25H22FN3O4. The van der Waals surface area contributed by atoms with E-state index in [1.807, 2.05) is 0 Å². The van der Waals surface area contributed by atoms with Gasteiger partial charge >= 0.3 is 6.03 Å². The quantitative estimate of drug-likeness (QED) is 0.575. The number of halogens is 1. The summed E-state index contributed by atoms with van der Waals surface area (Å²) in [6, 6.07) is 19.4. The number of nitrogens with one attached hydrogen (secondary N) is 1. The van der Waals surface area contributed by atoms with Gasteiger partial charge in [-0.05, 0) is 54.1 Å². The minimum atomic E-state index is -0.986. The molecule has 0 unspecified atom stereocenters. The summed E-state index contributed by atoms with van der Waals surface area (Å²) < 4.78 is 18.4. The first-order chi connectivity index (χ1) is 16.0. The topological polar surface area (TPSA) is 79.0 Å². The van der Waals surface area contributed by atoms with E-state index in [9.17, 15) is 18.8 Å². The smallest absolute Gasteiger partial charge is 0.322 e. The van der Waals surface area contributed by atoms with E-state index in [-0.39, 0.29) is 18.9 Å². The predicted octanol–water partition coefficient (Wildman–Crippen LogP) is 4.20. The van der Waals surface area contributed by atoms with Crippen LogP contribution in [0.1, 0.15) is 12.0 Å². The van der Waals surface area contributed by atoms with Crippen molar-refractivity contribution >= 4 is 29.2 Å². The normalized spacial score (nSPS) is 15.5. The first-order valence-corrected chi connectivity index (χ1v) is 10.3. The van der Waals surface area contributed by atoms with E-state index in [2.05, 4.69) is 5.32 Å². The highest BCUT2D eigenvalue weighted by molar-refractivity contribution is 6.23. The van der Waals surface area contributed by atoms with Crippen molar-refractivity contribution in [3.8, 4) is 5.75 Å². The first kappa shape index (κ1) is 22.0. The maximum absolute atomic E-state index is 13.3. The number of rotatable bonds is 6. The van der Waals surface area contributed by atoms with Gasteiger partial charge in [-0.1, -0.05) is 30.3 Å². The highest BCUT2D eigenvalue weighted by Gasteiger charge is 2.44. The highest BCUT2D eigenvalue weighted by atomic mass is 19.1. The number of urea groups is 1. The van der Waals surface area contributed by atoms with Crippen LogP contribution in [0.4, 0.5) is 20.6 Å². The van der Waals surface area contributed by atoms with Crippen molar-refractivity contribution in [2.45, 2.75) is 19.0 Å². The van der Waals surface area contributed by atoms with E-state index in [1.54, 1.807) is 61.7 Å².